The van der Waals surface area contributed by atoms with Crippen molar-refractivity contribution >= 4 is 29.9 Å². The minimum Gasteiger partial charge on any atom is -0.445 e. The molecule has 2 fully saturated rings. The summed E-state index contributed by atoms with van der Waals surface area (Å²) in [4.78, 5) is 72.8. The van der Waals surface area contributed by atoms with E-state index in [1.165, 1.54) is 18.9 Å². The summed E-state index contributed by atoms with van der Waals surface area (Å²) < 4.78 is 11.1. The third-order valence-corrected chi connectivity index (χ3v) is 9.47. The summed E-state index contributed by atoms with van der Waals surface area (Å²) in [5, 5.41) is 5.99. The molecule has 0 aromatic heterocycles. The highest BCUT2D eigenvalue weighted by atomic mass is 16.6. The molecule has 276 valence electrons. The van der Waals surface area contributed by atoms with E-state index in [4.69, 9.17) is 9.47 Å². The van der Waals surface area contributed by atoms with Crippen LogP contribution in [0, 0.1) is 0 Å². The number of nitrogens with zero attached hydrogens (tertiary/aromatic N) is 3. The number of carbonyl (C=O) groups excluding carboxylic acids is 5. The Hall–Kier alpha value is -5.39. The topological polar surface area (TPSA) is 138 Å². The number of ether oxygens (including phenoxy) is 2. The molecule has 2 heterocycles. The van der Waals surface area contributed by atoms with Gasteiger partial charge in [0.25, 0.3) is 0 Å². The van der Waals surface area contributed by atoms with Crippen LogP contribution in [0.15, 0.2) is 91.0 Å². The normalized spacial score (nSPS) is 19.5. The molecule has 0 bridgehead atoms. The van der Waals surface area contributed by atoms with Crippen molar-refractivity contribution < 1.29 is 33.4 Å². The zero-order valence-corrected chi connectivity index (χ0v) is 30.5. The number of nitrogens with one attached hydrogen (secondary N) is 2. The number of benzene rings is 3. The second kappa shape index (κ2) is 16.8. The van der Waals surface area contributed by atoms with Crippen molar-refractivity contribution in [3.8, 4) is 0 Å². The average molecular weight is 712 g/mol. The highest BCUT2D eigenvalue weighted by Gasteiger charge is 2.46. The number of hydrogen-bond acceptors (Lipinski definition) is 7. The fraction of sp³-hybridized carbons (Fsp3) is 0.425. The monoisotopic (exact) mass is 711 g/mol. The van der Waals surface area contributed by atoms with E-state index in [2.05, 4.69) is 10.6 Å². The van der Waals surface area contributed by atoms with Gasteiger partial charge in [-0.2, -0.15) is 0 Å². The molecule has 0 unspecified atom stereocenters. The Labute approximate surface area is 305 Å². The summed E-state index contributed by atoms with van der Waals surface area (Å²) in [6.07, 6.45) is 0.0540. The highest BCUT2D eigenvalue weighted by Crippen LogP contribution is 2.31. The van der Waals surface area contributed by atoms with Crippen molar-refractivity contribution in [3.05, 3.63) is 108 Å². The standard InChI is InChI=1S/C40H49N5O7/c1-27(43(5)38(49)52-40(2,3)4)35(46)41-32-25-44(39(50)51-26-28-15-9-6-10-16-28)24-23-31-21-22-33(45(31)37(32)48)36(47)42-34(29-17-11-7-12-18-29)30-19-13-8-14-20-30/h6-20,27,31-34H,21-26H2,1-5H3,(H,41,46)(H,42,47)/t27-,31+,32-,33+/m0/s1. The number of likely N-dealkylation sites (N-methyl/N-ethyl adjacent to an activating group) is 1. The van der Waals surface area contributed by atoms with Gasteiger partial charge in [-0.3, -0.25) is 19.3 Å². The number of amides is 5. The Morgan fingerprint density at radius 1 is 0.865 bits per heavy atom. The van der Waals surface area contributed by atoms with Crippen LogP contribution < -0.4 is 10.6 Å². The van der Waals surface area contributed by atoms with Crippen molar-refractivity contribution in [1.82, 2.24) is 25.3 Å². The molecule has 3 aromatic rings. The Morgan fingerprint density at radius 2 is 1.44 bits per heavy atom. The molecular weight excluding hydrogens is 662 g/mol. The summed E-state index contributed by atoms with van der Waals surface area (Å²) in [6.45, 7) is 6.80. The molecule has 3 aromatic carbocycles. The fourth-order valence-corrected chi connectivity index (χ4v) is 6.56. The summed E-state index contributed by atoms with van der Waals surface area (Å²) >= 11 is 0. The first-order valence-electron chi connectivity index (χ1n) is 17.8. The lowest BCUT2D eigenvalue weighted by atomic mass is 9.98. The van der Waals surface area contributed by atoms with E-state index in [1.807, 2.05) is 91.0 Å². The lowest BCUT2D eigenvalue weighted by molar-refractivity contribution is -0.145. The van der Waals surface area contributed by atoms with Crippen LogP contribution in [0.2, 0.25) is 0 Å². The van der Waals surface area contributed by atoms with Crippen LogP contribution in [0.3, 0.4) is 0 Å². The summed E-state index contributed by atoms with van der Waals surface area (Å²) in [6, 6.07) is 24.7. The molecule has 0 radical (unpaired) electrons. The Kier molecular flexibility index (Phi) is 12.2. The van der Waals surface area contributed by atoms with Crippen LogP contribution in [0.1, 0.15) is 69.7 Å². The maximum Gasteiger partial charge on any atom is 0.410 e. The Morgan fingerprint density at radius 3 is 2.02 bits per heavy atom. The SMILES string of the molecule is C[C@@H](C(=O)N[C@H]1CN(C(=O)OCc2ccccc2)CC[C@H]2CC[C@H](C(=O)NC(c3ccccc3)c3ccccc3)N2C1=O)N(C)C(=O)OC(C)(C)C. The molecular formula is C40H49N5O7. The second-order valence-corrected chi connectivity index (χ2v) is 14.4. The summed E-state index contributed by atoms with van der Waals surface area (Å²) in [7, 11) is 1.44. The van der Waals surface area contributed by atoms with Crippen LogP contribution >= 0.6 is 0 Å². The molecule has 0 spiro atoms. The first-order valence-corrected chi connectivity index (χ1v) is 17.8. The van der Waals surface area contributed by atoms with Gasteiger partial charge in [0.1, 0.15) is 30.3 Å². The van der Waals surface area contributed by atoms with E-state index in [0.717, 1.165) is 21.6 Å². The van der Waals surface area contributed by atoms with Gasteiger partial charge >= 0.3 is 12.2 Å². The number of rotatable bonds is 9. The molecule has 2 aliphatic heterocycles. The predicted molar refractivity (Wildman–Crippen MR) is 195 cm³/mol. The van der Waals surface area contributed by atoms with Gasteiger partial charge in [-0.15, -0.1) is 0 Å². The van der Waals surface area contributed by atoms with E-state index in [0.29, 0.717) is 19.3 Å². The number of fused-ring (bicyclic) bond motifs is 1. The van der Waals surface area contributed by atoms with Gasteiger partial charge in [0.15, 0.2) is 0 Å². The van der Waals surface area contributed by atoms with E-state index >= 15 is 0 Å². The first kappa shape index (κ1) is 37.9. The second-order valence-electron chi connectivity index (χ2n) is 14.4. The third kappa shape index (κ3) is 9.48. The lowest BCUT2D eigenvalue weighted by Gasteiger charge is -2.39. The zero-order valence-electron chi connectivity index (χ0n) is 30.5. The third-order valence-electron chi connectivity index (χ3n) is 9.47. The maximum absolute atomic E-state index is 14.6. The molecule has 2 N–H and O–H groups in total. The van der Waals surface area contributed by atoms with Crippen molar-refractivity contribution in [2.45, 2.75) is 89.4 Å². The molecule has 12 heteroatoms. The smallest absolute Gasteiger partial charge is 0.410 e. The van der Waals surface area contributed by atoms with Crippen LogP contribution in [-0.2, 0) is 30.5 Å². The number of carbonyl (C=O) groups is 5. The van der Waals surface area contributed by atoms with Gasteiger partial charge in [0.05, 0.1) is 12.6 Å². The van der Waals surface area contributed by atoms with Crippen molar-refractivity contribution in [2.75, 3.05) is 20.1 Å². The zero-order chi connectivity index (χ0) is 37.4. The van der Waals surface area contributed by atoms with E-state index in [1.54, 1.807) is 25.7 Å². The summed E-state index contributed by atoms with van der Waals surface area (Å²) in [5.74, 6) is -1.41. The average Bonchev–Trinajstić information content (AvgIpc) is 3.56. The van der Waals surface area contributed by atoms with Crippen molar-refractivity contribution in [3.63, 3.8) is 0 Å². The molecule has 5 rings (SSSR count). The van der Waals surface area contributed by atoms with Gasteiger partial charge in [-0.1, -0.05) is 91.0 Å². The molecule has 2 aliphatic rings. The molecule has 2 saturated heterocycles. The maximum atomic E-state index is 14.6. The van der Waals surface area contributed by atoms with Gasteiger partial charge in [0.2, 0.25) is 17.7 Å². The van der Waals surface area contributed by atoms with E-state index in [9.17, 15) is 24.0 Å². The minimum absolute atomic E-state index is 0.0423. The predicted octanol–water partition coefficient (Wildman–Crippen LogP) is 5.03. The quantitative estimate of drug-likeness (QED) is 0.318. The van der Waals surface area contributed by atoms with E-state index in [-0.39, 0.29) is 31.6 Å². The lowest BCUT2D eigenvalue weighted by Crippen LogP contribution is -2.62. The minimum atomic E-state index is -1.22. The van der Waals surface area contributed by atoms with Crippen LogP contribution in [0.25, 0.3) is 0 Å². The van der Waals surface area contributed by atoms with E-state index < -0.39 is 53.8 Å². The van der Waals surface area contributed by atoms with Gasteiger partial charge in [-0.05, 0) is 63.6 Å². The van der Waals surface area contributed by atoms with Crippen LogP contribution in [0.5, 0.6) is 0 Å². The van der Waals surface area contributed by atoms with Crippen molar-refractivity contribution in [1.29, 1.82) is 0 Å². The fourth-order valence-electron chi connectivity index (χ4n) is 6.56. The van der Waals surface area contributed by atoms with Gasteiger partial charge in [-0.25, -0.2) is 9.59 Å². The van der Waals surface area contributed by atoms with Crippen molar-refractivity contribution in [2.24, 2.45) is 0 Å². The Bertz CT molecular complexity index is 1660. The molecule has 52 heavy (non-hydrogen) atoms. The van der Waals surface area contributed by atoms with Gasteiger partial charge in [0, 0.05) is 19.6 Å². The first-order chi connectivity index (χ1) is 24.8. The highest BCUT2D eigenvalue weighted by molar-refractivity contribution is 5.95. The van der Waals surface area contributed by atoms with Crippen LogP contribution in [0.4, 0.5) is 9.59 Å². The molecule has 0 aliphatic carbocycles. The Balaban J connectivity index is 1.38. The van der Waals surface area contributed by atoms with Gasteiger partial charge < -0.3 is 29.9 Å². The van der Waals surface area contributed by atoms with Crippen LogP contribution in [-0.4, -0.2) is 94.5 Å². The molecule has 0 saturated carbocycles. The number of hydrogen-bond donors (Lipinski definition) is 2. The molecule has 5 amide bonds. The summed E-state index contributed by atoms with van der Waals surface area (Å²) in [5.41, 5.74) is 1.82. The molecule has 12 nitrogen and oxygen atoms in total. The largest absolute Gasteiger partial charge is 0.445 e. The molecule has 4 atom stereocenters.